The van der Waals surface area contributed by atoms with E-state index in [1.807, 2.05) is 26.1 Å². The molecular weight excluding hydrogens is 253 g/mol. The van der Waals surface area contributed by atoms with Gasteiger partial charge in [-0.1, -0.05) is 25.1 Å². The first kappa shape index (κ1) is 17.1. The first-order chi connectivity index (χ1) is 9.47. The van der Waals surface area contributed by atoms with Crippen LogP contribution in [0.3, 0.4) is 0 Å². The molecule has 2 atom stereocenters. The van der Waals surface area contributed by atoms with Gasteiger partial charge in [-0.05, 0) is 53.1 Å². The maximum Gasteiger partial charge on any atom is 0.128 e. The fourth-order valence-corrected chi connectivity index (χ4v) is 2.51. The topological polar surface area (TPSA) is 32.5 Å². The number of rotatable bonds is 8. The van der Waals surface area contributed by atoms with Crippen LogP contribution in [-0.4, -0.2) is 50.1 Å². The quantitative estimate of drug-likeness (QED) is 0.794. The van der Waals surface area contributed by atoms with Crippen molar-refractivity contribution in [3.63, 3.8) is 0 Å². The molecular formula is C16H28FN3. The second-order valence-electron chi connectivity index (χ2n) is 5.68. The van der Waals surface area contributed by atoms with Crippen LogP contribution in [0.5, 0.6) is 0 Å². The van der Waals surface area contributed by atoms with Crippen LogP contribution in [0.2, 0.25) is 0 Å². The molecule has 1 rings (SSSR count). The molecule has 1 aromatic carbocycles. The Kier molecular flexibility index (Phi) is 7.13. The molecule has 0 amide bonds. The van der Waals surface area contributed by atoms with Gasteiger partial charge in [-0.3, -0.25) is 4.90 Å². The number of halogens is 1. The lowest BCUT2D eigenvalue weighted by Crippen LogP contribution is -2.40. The Bertz CT molecular complexity index is 395. The second kappa shape index (κ2) is 8.35. The molecule has 0 saturated heterocycles. The summed E-state index contributed by atoms with van der Waals surface area (Å²) in [5.41, 5.74) is 6.93. The minimum Gasteiger partial charge on any atom is -0.326 e. The Labute approximate surface area is 122 Å². The number of benzene rings is 1. The van der Waals surface area contributed by atoms with Crippen molar-refractivity contribution in [1.29, 1.82) is 0 Å². The lowest BCUT2D eigenvalue weighted by molar-refractivity contribution is 0.196. The summed E-state index contributed by atoms with van der Waals surface area (Å²) in [5, 5.41) is 0. The van der Waals surface area contributed by atoms with Gasteiger partial charge in [0.15, 0.2) is 0 Å². The van der Waals surface area contributed by atoms with Crippen LogP contribution in [0.4, 0.5) is 4.39 Å². The molecule has 0 spiro atoms. The van der Waals surface area contributed by atoms with Gasteiger partial charge < -0.3 is 10.6 Å². The van der Waals surface area contributed by atoms with Gasteiger partial charge in [0.2, 0.25) is 0 Å². The Morgan fingerprint density at radius 1 is 1.15 bits per heavy atom. The zero-order valence-electron chi connectivity index (χ0n) is 13.1. The van der Waals surface area contributed by atoms with Crippen LogP contribution < -0.4 is 5.73 Å². The molecule has 114 valence electrons. The number of nitrogens with two attached hydrogens (primary N) is 1. The number of likely N-dealkylation sites (N-methyl/N-ethyl adjacent to an activating group) is 1. The highest BCUT2D eigenvalue weighted by molar-refractivity contribution is 5.22. The number of nitrogens with zero attached hydrogens (tertiary/aromatic N) is 2. The molecule has 0 fully saturated rings. The Morgan fingerprint density at radius 3 is 2.35 bits per heavy atom. The van der Waals surface area contributed by atoms with Gasteiger partial charge in [-0.2, -0.15) is 0 Å². The number of hydrogen-bond acceptors (Lipinski definition) is 3. The SMILES string of the molecule is CCC(N)C(c1ccccc1F)N(C)CCCN(C)C. The standard InChI is InChI=1S/C16H28FN3/c1-5-15(18)16(13-9-6-7-10-14(13)17)20(4)12-8-11-19(2)3/h6-7,9-10,15-16H,5,8,11-12,18H2,1-4H3. The van der Waals surface area contributed by atoms with Gasteiger partial charge in [-0.15, -0.1) is 0 Å². The van der Waals surface area contributed by atoms with E-state index in [1.54, 1.807) is 6.07 Å². The van der Waals surface area contributed by atoms with Gasteiger partial charge in [0, 0.05) is 11.6 Å². The van der Waals surface area contributed by atoms with E-state index in [0.29, 0.717) is 5.56 Å². The molecule has 2 unspecified atom stereocenters. The summed E-state index contributed by atoms with van der Waals surface area (Å²) in [6.07, 6.45) is 1.88. The Hall–Kier alpha value is -0.970. The van der Waals surface area contributed by atoms with E-state index in [9.17, 15) is 4.39 Å². The maximum absolute atomic E-state index is 14.1. The summed E-state index contributed by atoms with van der Waals surface area (Å²) in [7, 11) is 6.15. The molecule has 0 saturated carbocycles. The fraction of sp³-hybridized carbons (Fsp3) is 0.625. The smallest absolute Gasteiger partial charge is 0.128 e. The van der Waals surface area contributed by atoms with Crippen molar-refractivity contribution in [3.05, 3.63) is 35.6 Å². The molecule has 2 N–H and O–H groups in total. The molecule has 1 aromatic rings. The molecule has 0 bridgehead atoms. The van der Waals surface area contributed by atoms with E-state index in [0.717, 1.165) is 25.9 Å². The summed E-state index contributed by atoms with van der Waals surface area (Å²) in [4.78, 5) is 4.34. The van der Waals surface area contributed by atoms with E-state index >= 15 is 0 Å². The van der Waals surface area contributed by atoms with Gasteiger partial charge >= 0.3 is 0 Å². The van der Waals surface area contributed by atoms with Crippen molar-refractivity contribution in [1.82, 2.24) is 9.80 Å². The minimum absolute atomic E-state index is 0.0590. The van der Waals surface area contributed by atoms with Crippen LogP contribution in [0, 0.1) is 5.82 Å². The third-order valence-corrected chi connectivity index (χ3v) is 3.69. The Morgan fingerprint density at radius 2 is 1.80 bits per heavy atom. The lowest BCUT2D eigenvalue weighted by Gasteiger charge is -2.33. The summed E-state index contributed by atoms with van der Waals surface area (Å²) in [6, 6.07) is 6.83. The van der Waals surface area contributed by atoms with Crippen LogP contribution in [-0.2, 0) is 0 Å². The largest absolute Gasteiger partial charge is 0.326 e. The highest BCUT2D eigenvalue weighted by atomic mass is 19.1. The monoisotopic (exact) mass is 281 g/mol. The molecule has 3 nitrogen and oxygen atoms in total. The van der Waals surface area contributed by atoms with Gasteiger partial charge in [-0.25, -0.2) is 4.39 Å². The Balaban J connectivity index is 2.82. The van der Waals surface area contributed by atoms with E-state index in [-0.39, 0.29) is 17.9 Å². The van der Waals surface area contributed by atoms with Crippen LogP contribution in [0.25, 0.3) is 0 Å². The zero-order chi connectivity index (χ0) is 15.1. The summed E-state index contributed by atoms with van der Waals surface area (Å²) in [5.74, 6) is -0.166. The first-order valence-electron chi connectivity index (χ1n) is 7.32. The highest BCUT2D eigenvalue weighted by Crippen LogP contribution is 2.26. The van der Waals surface area contributed by atoms with Crippen molar-refractivity contribution in [2.45, 2.75) is 31.8 Å². The summed E-state index contributed by atoms with van der Waals surface area (Å²) in [6.45, 7) is 3.98. The van der Waals surface area contributed by atoms with Gasteiger partial charge in [0.1, 0.15) is 5.82 Å². The van der Waals surface area contributed by atoms with Crippen molar-refractivity contribution in [2.24, 2.45) is 5.73 Å². The van der Waals surface area contributed by atoms with Crippen LogP contribution in [0.15, 0.2) is 24.3 Å². The van der Waals surface area contributed by atoms with Crippen molar-refractivity contribution < 1.29 is 4.39 Å². The van der Waals surface area contributed by atoms with E-state index in [1.165, 1.54) is 6.07 Å². The highest BCUT2D eigenvalue weighted by Gasteiger charge is 2.25. The van der Waals surface area contributed by atoms with E-state index < -0.39 is 0 Å². The second-order valence-corrected chi connectivity index (χ2v) is 5.68. The molecule has 0 aromatic heterocycles. The maximum atomic E-state index is 14.1. The van der Waals surface area contributed by atoms with Crippen molar-refractivity contribution in [3.8, 4) is 0 Å². The predicted octanol–water partition coefficient (Wildman–Crippen LogP) is 2.49. The van der Waals surface area contributed by atoms with Gasteiger partial charge in [0.05, 0.1) is 6.04 Å². The average molecular weight is 281 g/mol. The van der Waals surface area contributed by atoms with Gasteiger partial charge in [0.25, 0.3) is 0 Å². The third-order valence-electron chi connectivity index (χ3n) is 3.69. The molecule has 4 heteroatoms. The molecule has 0 aliphatic rings. The zero-order valence-corrected chi connectivity index (χ0v) is 13.1. The third kappa shape index (κ3) is 4.85. The van der Waals surface area contributed by atoms with Crippen LogP contribution >= 0.6 is 0 Å². The molecule has 20 heavy (non-hydrogen) atoms. The molecule has 0 aliphatic carbocycles. The van der Waals surface area contributed by atoms with Crippen LogP contribution in [0.1, 0.15) is 31.4 Å². The number of hydrogen-bond donors (Lipinski definition) is 1. The molecule has 0 radical (unpaired) electrons. The molecule has 0 aliphatic heterocycles. The van der Waals surface area contributed by atoms with E-state index in [2.05, 4.69) is 23.9 Å². The van der Waals surface area contributed by atoms with E-state index in [4.69, 9.17) is 5.73 Å². The summed E-state index contributed by atoms with van der Waals surface area (Å²) >= 11 is 0. The van der Waals surface area contributed by atoms with Crippen molar-refractivity contribution in [2.75, 3.05) is 34.2 Å². The fourth-order valence-electron chi connectivity index (χ4n) is 2.51. The lowest BCUT2D eigenvalue weighted by atomic mass is 9.96. The minimum atomic E-state index is -0.166. The summed E-state index contributed by atoms with van der Waals surface area (Å²) < 4.78 is 14.1. The van der Waals surface area contributed by atoms with Crippen molar-refractivity contribution >= 4 is 0 Å². The first-order valence-corrected chi connectivity index (χ1v) is 7.32. The normalized spacial score (nSPS) is 14.8. The average Bonchev–Trinajstić information content (AvgIpc) is 2.40. The molecule has 0 heterocycles. The predicted molar refractivity (Wildman–Crippen MR) is 83.2 cm³/mol.